The fourth-order valence-electron chi connectivity index (χ4n) is 5.75. The standard InChI is InChI=1S/C37H38O4/c1-35(2,3)40-33(38)27-19-15-25(16-20-27)23-37(24-26-17-21-28(22-18-26)34(39)41-36(4,5)6)31-13-9-7-11-29(31)30-12-8-10-14-32(30)37/h7-22H,23-24H2,1-6H3. The fourth-order valence-corrected chi connectivity index (χ4v) is 5.75. The lowest BCUT2D eigenvalue weighted by Crippen LogP contribution is -2.31. The summed E-state index contributed by atoms with van der Waals surface area (Å²) in [4.78, 5) is 25.3. The molecule has 4 aromatic carbocycles. The molecule has 4 heteroatoms. The van der Waals surface area contributed by atoms with Crippen LogP contribution in [-0.2, 0) is 27.7 Å². The van der Waals surface area contributed by atoms with E-state index in [-0.39, 0.29) is 17.4 Å². The van der Waals surface area contributed by atoms with Crippen molar-refractivity contribution in [1.82, 2.24) is 0 Å². The minimum Gasteiger partial charge on any atom is -0.456 e. The van der Waals surface area contributed by atoms with Gasteiger partial charge in [-0.1, -0.05) is 72.8 Å². The molecule has 0 saturated carbocycles. The molecule has 210 valence electrons. The summed E-state index contributed by atoms with van der Waals surface area (Å²) in [6.07, 6.45) is 1.51. The first-order chi connectivity index (χ1) is 19.3. The lowest BCUT2D eigenvalue weighted by Gasteiger charge is -2.33. The van der Waals surface area contributed by atoms with Crippen LogP contribution in [0.2, 0.25) is 0 Å². The summed E-state index contributed by atoms with van der Waals surface area (Å²) in [7, 11) is 0. The normalized spacial score (nSPS) is 13.7. The van der Waals surface area contributed by atoms with Crippen molar-refractivity contribution in [3.8, 4) is 11.1 Å². The van der Waals surface area contributed by atoms with Crippen molar-refractivity contribution < 1.29 is 19.1 Å². The summed E-state index contributed by atoms with van der Waals surface area (Å²) in [5.41, 5.74) is 7.01. The number of carbonyl (C=O) groups excluding carboxylic acids is 2. The SMILES string of the molecule is CC(C)(C)OC(=O)c1ccc(CC2(Cc3ccc(C(=O)OC(C)(C)C)cc3)c3ccccc3-c3ccccc32)cc1. The lowest BCUT2D eigenvalue weighted by atomic mass is 9.69. The van der Waals surface area contributed by atoms with Crippen LogP contribution in [0, 0.1) is 0 Å². The van der Waals surface area contributed by atoms with Crippen molar-refractivity contribution in [1.29, 1.82) is 0 Å². The molecule has 0 bridgehead atoms. The van der Waals surface area contributed by atoms with Gasteiger partial charge in [0.05, 0.1) is 11.1 Å². The molecule has 0 atom stereocenters. The predicted molar refractivity (Wildman–Crippen MR) is 163 cm³/mol. The Morgan fingerprint density at radius 3 is 1.22 bits per heavy atom. The second-order valence-corrected chi connectivity index (χ2v) is 12.9. The van der Waals surface area contributed by atoms with Gasteiger partial charge in [0.2, 0.25) is 0 Å². The number of fused-ring (bicyclic) bond motifs is 3. The molecule has 0 unspecified atom stereocenters. The van der Waals surface area contributed by atoms with Gasteiger partial charge in [0.25, 0.3) is 0 Å². The highest BCUT2D eigenvalue weighted by Crippen LogP contribution is 2.52. The van der Waals surface area contributed by atoms with Crippen LogP contribution < -0.4 is 0 Å². The molecule has 1 aliphatic rings. The molecule has 0 N–H and O–H groups in total. The molecular weight excluding hydrogens is 508 g/mol. The summed E-state index contributed by atoms with van der Waals surface area (Å²) in [5.74, 6) is -0.638. The third kappa shape index (κ3) is 6.12. The van der Waals surface area contributed by atoms with Gasteiger partial charge in [-0.25, -0.2) is 9.59 Å². The zero-order valence-corrected chi connectivity index (χ0v) is 24.8. The maximum absolute atomic E-state index is 12.6. The zero-order chi connectivity index (χ0) is 29.4. The number of rotatable bonds is 6. The Morgan fingerprint density at radius 1 is 0.537 bits per heavy atom. The highest BCUT2D eigenvalue weighted by Gasteiger charge is 2.43. The molecule has 5 rings (SSSR count). The van der Waals surface area contributed by atoms with Gasteiger partial charge in [-0.2, -0.15) is 0 Å². The average Bonchev–Trinajstić information content (AvgIpc) is 3.17. The van der Waals surface area contributed by atoms with Gasteiger partial charge < -0.3 is 9.47 Å². The third-order valence-electron chi connectivity index (χ3n) is 7.36. The van der Waals surface area contributed by atoms with Gasteiger partial charge in [-0.3, -0.25) is 0 Å². The first-order valence-electron chi connectivity index (χ1n) is 14.2. The maximum atomic E-state index is 12.6. The zero-order valence-electron chi connectivity index (χ0n) is 24.8. The van der Waals surface area contributed by atoms with E-state index in [4.69, 9.17) is 9.47 Å². The molecule has 0 saturated heterocycles. The summed E-state index contributed by atoms with van der Waals surface area (Å²) >= 11 is 0. The summed E-state index contributed by atoms with van der Waals surface area (Å²) in [6.45, 7) is 11.2. The second-order valence-electron chi connectivity index (χ2n) is 12.9. The fraction of sp³-hybridized carbons (Fsp3) is 0.297. The molecular formula is C37H38O4. The Hall–Kier alpha value is -4.18. The van der Waals surface area contributed by atoms with E-state index >= 15 is 0 Å². The van der Waals surface area contributed by atoms with E-state index in [1.807, 2.05) is 90.1 Å². The van der Waals surface area contributed by atoms with Gasteiger partial charge in [0, 0.05) is 5.41 Å². The van der Waals surface area contributed by atoms with Crippen LogP contribution in [0.25, 0.3) is 11.1 Å². The summed E-state index contributed by atoms with van der Waals surface area (Å²) in [6, 6.07) is 32.9. The first-order valence-corrected chi connectivity index (χ1v) is 14.2. The molecule has 0 fully saturated rings. The molecule has 0 heterocycles. The molecule has 0 aromatic heterocycles. The van der Waals surface area contributed by atoms with Crippen molar-refractivity contribution >= 4 is 11.9 Å². The van der Waals surface area contributed by atoms with Gasteiger partial charge in [-0.05, 0) is 112 Å². The molecule has 4 nitrogen and oxygen atoms in total. The Labute approximate surface area is 243 Å². The van der Waals surface area contributed by atoms with Crippen LogP contribution in [0.5, 0.6) is 0 Å². The molecule has 0 amide bonds. The van der Waals surface area contributed by atoms with Crippen molar-refractivity contribution in [2.45, 2.75) is 71.0 Å². The highest BCUT2D eigenvalue weighted by atomic mass is 16.6. The van der Waals surface area contributed by atoms with Crippen molar-refractivity contribution in [3.63, 3.8) is 0 Å². The Bertz CT molecular complexity index is 1440. The van der Waals surface area contributed by atoms with Crippen LogP contribution in [0.4, 0.5) is 0 Å². The predicted octanol–water partition coefficient (Wildman–Crippen LogP) is 8.35. The second kappa shape index (κ2) is 10.7. The number of hydrogen-bond acceptors (Lipinski definition) is 4. The minimum absolute atomic E-state index is 0.319. The number of ether oxygens (including phenoxy) is 2. The smallest absolute Gasteiger partial charge is 0.338 e. The topological polar surface area (TPSA) is 52.6 Å². The lowest BCUT2D eigenvalue weighted by molar-refractivity contribution is 0.00570. The number of benzene rings is 4. The van der Waals surface area contributed by atoms with E-state index in [1.54, 1.807) is 0 Å². The van der Waals surface area contributed by atoms with E-state index in [1.165, 1.54) is 22.3 Å². The van der Waals surface area contributed by atoms with Gasteiger partial charge in [-0.15, -0.1) is 0 Å². The van der Waals surface area contributed by atoms with E-state index < -0.39 is 11.2 Å². The average molecular weight is 547 g/mol. The number of esters is 2. The molecule has 0 aliphatic heterocycles. The van der Waals surface area contributed by atoms with E-state index in [0.717, 1.165) is 24.0 Å². The number of hydrogen-bond donors (Lipinski definition) is 0. The molecule has 0 radical (unpaired) electrons. The first kappa shape index (κ1) is 28.4. The van der Waals surface area contributed by atoms with E-state index in [0.29, 0.717) is 11.1 Å². The van der Waals surface area contributed by atoms with Crippen LogP contribution in [-0.4, -0.2) is 23.1 Å². The largest absolute Gasteiger partial charge is 0.456 e. The van der Waals surface area contributed by atoms with Gasteiger partial charge >= 0.3 is 11.9 Å². The Morgan fingerprint density at radius 2 is 0.878 bits per heavy atom. The summed E-state index contributed by atoms with van der Waals surface area (Å²) < 4.78 is 11.1. The van der Waals surface area contributed by atoms with Crippen LogP contribution in [0.15, 0.2) is 97.1 Å². The van der Waals surface area contributed by atoms with Gasteiger partial charge in [0.15, 0.2) is 0 Å². The minimum atomic E-state index is -0.546. The quantitative estimate of drug-likeness (QED) is 0.228. The van der Waals surface area contributed by atoms with Crippen LogP contribution in [0.1, 0.15) is 84.5 Å². The third-order valence-corrected chi connectivity index (χ3v) is 7.36. The summed E-state index contributed by atoms with van der Waals surface area (Å²) in [5, 5.41) is 0. The number of carbonyl (C=O) groups is 2. The Kier molecular flexibility index (Phi) is 7.37. The molecule has 4 aromatic rings. The molecule has 41 heavy (non-hydrogen) atoms. The maximum Gasteiger partial charge on any atom is 0.338 e. The monoisotopic (exact) mass is 546 g/mol. The molecule has 0 spiro atoms. The van der Waals surface area contributed by atoms with Gasteiger partial charge in [0.1, 0.15) is 11.2 Å². The van der Waals surface area contributed by atoms with E-state index in [2.05, 4.69) is 48.5 Å². The van der Waals surface area contributed by atoms with E-state index in [9.17, 15) is 9.59 Å². The highest BCUT2D eigenvalue weighted by molar-refractivity contribution is 5.90. The van der Waals surface area contributed by atoms with Crippen molar-refractivity contribution in [2.75, 3.05) is 0 Å². The Balaban J connectivity index is 1.52. The molecule has 1 aliphatic carbocycles. The van der Waals surface area contributed by atoms with Crippen molar-refractivity contribution in [3.05, 3.63) is 130 Å². The van der Waals surface area contributed by atoms with Crippen LogP contribution in [0.3, 0.4) is 0 Å². The van der Waals surface area contributed by atoms with Crippen LogP contribution >= 0.6 is 0 Å². The van der Waals surface area contributed by atoms with Crippen molar-refractivity contribution in [2.24, 2.45) is 0 Å².